The van der Waals surface area contributed by atoms with Gasteiger partial charge in [0.05, 0.1) is 22.4 Å². The van der Waals surface area contributed by atoms with Crippen LogP contribution in [0.15, 0.2) is 41.0 Å². The van der Waals surface area contributed by atoms with E-state index in [9.17, 15) is 9.59 Å². The first-order valence-corrected chi connectivity index (χ1v) is 7.18. The molecule has 22 heavy (non-hydrogen) atoms. The van der Waals surface area contributed by atoms with Crippen LogP contribution in [0.2, 0.25) is 10.0 Å². The molecule has 0 aliphatic carbocycles. The number of benzene rings is 1. The summed E-state index contributed by atoms with van der Waals surface area (Å²) in [7, 11) is 0. The monoisotopic (exact) mass is 341 g/mol. The van der Waals surface area contributed by atoms with Crippen LogP contribution in [0, 0.1) is 0 Å². The van der Waals surface area contributed by atoms with Crippen LogP contribution >= 0.6 is 23.2 Å². The predicted octanol–water partition coefficient (Wildman–Crippen LogP) is 3.62. The summed E-state index contributed by atoms with van der Waals surface area (Å²) >= 11 is 11.8. The van der Waals surface area contributed by atoms with E-state index in [0.29, 0.717) is 10.0 Å². The van der Waals surface area contributed by atoms with Crippen LogP contribution in [0.3, 0.4) is 0 Å². The van der Waals surface area contributed by atoms with Crippen molar-refractivity contribution in [1.82, 2.24) is 5.32 Å². The zero-order valence-electron chi connectivity index (χ0n) is 11.6. The van der Waals surface area contributed by atoms with Crippen LogP contribution in [0.4, 0.5) is 0 Å². The summed E-state index contributed by atoms with van der Waals surface area (Å²) in [4.78, 5) is 23.3. The third-order valence-electron chi connectivity index (χ3n) is 2.88. The van der Waals surface area contributed by atoms with Crippen molar-refractivity contribution >= 4 is 35.1 Å². The van der Waals surface area contributed by atoms with E-state index in [-0.39, 0.29) is 11.8 Å². The topological polar surface area (TPSA) is 68.5 Å². The van der Waals surface area contributed by atoms with Crippen molar-refractivity contribution in [3.8, 4) is 0 Å². The van der Waals surface area contributed by atoms with E-state index < -0.39 is 18.5 Å². The third kappa shape index (κ3) is 4.26. The van der Waals surface area contributed by atoms with E-state index >= 15 is 0 Å². The van der Waals surface area contributed by atoms with E-state index in [4.69, 9.17) is 32.4 Å². The fraction of sp³-hybridized carbons (Fsp3) is 0.200. The summed E-state index contributed by atoms with van der Waals surface area (Å²) in [5.74, 6) is -1.08. The Morgan fingerprint density at radius 3 is 2.68 bits per heavy atom. The smallest absolute Gasteiger partial charge is 0.374 e. The van der Waals surface area contributed by atoms with Crippen LogP contribution in [-0.2, 0) is 9.53 Å². The van der Waals surface area contributed by atoms with Gasteiger partial charge in [-0.3, -0.25) is 4.79 Å². The number of hydrogen-bond donors (Lipinski definition) is 1. The minimum atomic E-state index is -0.692. The van der Waals surface area contributed by atoms with Gasteiger partial charge in [0.1, 0.15) is 0 Å². The van der Waals surface area contributed by atoms with Crippen molar-refractivity contribution in [3.63, 3.8) is 0 Å². The van der Waals surface area contributed by atoms with Gasteiger partial charge in [-0.05, 0) is 36.8 Å². The lowest BCUT2D eigenvalue weighted by atomic mass is 10.1. The second kappa shape index (κ2) is 7.33. The molecule has 2 rings (SSSR count). The summed E-state index contributed by atoms with van der Waals surface area (Å²) in [6, 6.07) is 7.79. The highest BCUT2D eigenvalue weighted by atomic mass is 35.5. The molecule has 1 amide bonds. The Hall–Kier alpha value is -1.98. The largest absolute Gasteiger partial charge is 0.457 e. The van der Waals surface area contributed by atoms with Crippen LogP contribution in [0.1, 0.15) is 29.1 Å². The molecule has 1 aromatic heterocycles. The van der Waals surface area contributed by atoms with Gasteiger partial charge in [0, 0.05) is 0 Å². The van der Waals surface area contributed by atoms with Crippen molar-refractivity contribution in [2.45, 2.75) is 13.0 Å². The Labute approximate surface area is 137 Å². The SMILES string of the molecule is C[C@@H](NC(=O)COC(=O)c1ccco1)c1ccc(Cl)c(Cl)c1. The molecule has 0 fully saturated rings. The second-order valence-corrected chi connectivity index (χ2v) is 5.33. The number of ether oxygens (including phenoxy) is 1. The first-order chi connectivity index (χ1) is 10.5. The van der Waals surface area contributed by atoms with Crippen molar-refractivity contribution in [3.05, 3.63) is 58.0 Å². The number of amides is 1. The van der Waals surface area contributed by atoms with Gasteiger partial charge in [0.2, 0.25) is 5.76 Å². The number of rotatable bonds is 5. The number of carbonyl (C=O) groups excluding carboxylic acids is 2. The zero-order chi connectivity index (χ0) is 16.1. The number of carbonyl (C=O) groups is 2. The van der Waals surface area contributed by atoms with Crippen molar-refractivity contribution in [2.75, 3.05) is 6.61 Å². The number of esters is 1. The summed E-state index contributed by atoms with van der Waals surface area (Å²) in [6.45, 7) is 1.39. The lowest BCUT2D eigenvalue weighted by Crippen LogP contribution is -2.31. The van der Waals surface area contributed by atoms with E-state index in [0.717, 1.165) is 5.56 Å². The first kappa shape index (κ1) is 16.4. The molecule has 1 atom stereocenters. The van der Waals surface area contributed by atoms with Crippen molar-refractivity contribution in [2.24, 2.45) is 0 Å². The summed E-state index contributed by atoms with van der Waals surface area (Å²) in [6.07, 6.45) is 1.35. The summed E-state index contributed by atoms with van der Waals surface area (Å²) in [5, 5.41) is 3.54. The molecule has 0 unspecified atom stereocenters. The van der Waals surface area contributed by atoms with Crippen LogP contribution in [-0.4, -0.2) is 18.5 Å². The predicted molar refractivity (Wildman–Crippen MR) is 82.0 cm³/mol. The lowest BCUT2D eigenvalue weighted by molar-refractivity contribution is -0.124. The van der Waals surface area contributed by atoms with Crippen LogP contribution in [0.25, 0.3) is 0 Å². The highest BCUT2D eigenvalue weighted by Crippen LogP contribution is 2.25. The van der Waals surface area contributed by atoms with Crippen molar-refractivity contribution in [1.29, 1.82) is 0 Å². The van der Waals surface area contributed by atoms with Gasteiger partial charge in [-0.15, -0.1) is 0 Å². The molecule has 0 bridgehead atoms. The molecular formula is C15H13Cl2NO4. The maximum Gasteiger partial charge on any atom is 0.374 e. The molecule has 7 heteroatoms. The van der Waals surface area contributed by atoms with Gasteiger partial charge in [0.15, 0.2) is 6.61 Å². The molecule has 2 aromatic rings. The minimum absolute atomic E-state index is 0.0466. The number of halogens is 2. The Kier molecular flexibility index (Phi) is 5.46. The molecule has 0 radical (unpaired) electrons. The fourth-order valence-electron chi connectivity index (χ4n) is 1.75. The number of hydrogen-bond acceptors (Lipinski definition) is 4. The quantitative estimate of drug-likeness (QED) is 0.843. The molecule has 116 valence electrons. The molecule has 5 nitrogen and oxygen atoms in total. The number of nitrogens with one attached hydrogen (secondary N) is 1. The first-order valence-electron chi connectivity index (χ1n) is 6.42. The van der Waals surface area contributed by atoms with Crippen molar-refractivity contribution < 1.29 is 18.7 Å². The molecule has 0 spiro atoms. The molecular weight excluding hydrogens is 329 g/mol. The third-order valence-corrected chi connectivity index (χ3v) is 3.62. The Morgan fingerprint density at radius 1 is 1.27 bits per heavy atom. The van der Waals surface area contributed by atoms with E-state index in [2.05, 4.69) is 5.32 Å². The van der Waals surface area contributed by atoms with Gasteiger partial charge in [-0.1, -0.05) is 29.3 Å². The Balaban J connectivity index is 1.86. The van der Waals surface area contributed by atoms with Crippen LogP contribution < -0.4 is 5.32 Å². The summed E-state index contributed by atoms with van der Waals surface area (Å²) in [5.41, 5.74) is 0.792. The minimum Gasteiger partial charge on any atom is -0.457 e. The average Bonchev–Trinajstić information content (AvgIpc) is 3.02. The second-order valence-electron chi connectivity index (χ2n) is 4.52. The lowest BCUT2D eigenvalue weighted by Gasteiger charge is -2.15. The van der Waals surface area contributed by atoms with Gasteiger partial charge in [-0.2, -0.15) is 0 Å². The van der Waals surface area contributed by atoms with Gasteiger partial charge in [0.25, 0.3) is 5.91 Å². The summed E-state index contributed by atoms with van der Waals surface area (Å²) < 4.78 is 9.70. The van der Waals surface area contributed by atoms with Gasteiger partial charge < -0.3 is 14.5 Å². The van der Waals surface area contributed by atoms with E-state index in [1.807, 2.05) is 0 Å². The van der Waals surface area contributed by atoms with Gasteiger partial charge >= 0.3 is 5.97 Å². The molecule has 1 aromatic carbocycles. The molecule has 1 N–H and O–H groups in total. The normalized spacial score (nSPS) is 11.8. The van der Waals surface area contributed by atoms with Gasteiger partial charge in [-0.25, -0.2) is 4.79 Å². The Bertz CT molecular complexity index is 670. The van der Waals surface area contributed by atoms with Crippen LogP contribution in [0.5, 0.6) is 0 Å². The standard InChI is InChI=1S/C15H13Cl2NO4/c1-9(10-4-5-11(16)12(17)7-10)18-14(19)8-22-15(20)13-3-2-6-21-13/h2-7,9H,8H2,1H3,(H,18,19)/t9-/m1/s1. The molecule has 0 saturated heterocycles. The molecule has 0 aliphatic rings. The maximum atomic E-state index is 11.8. The Morgan fingerprint density at radius 2 is 2.05 bits per heavy atom. The highest BCUT2D eigenvalue weighted by Gasteiger charge is 2.15. The molecule has 0 aliphatic heterocycles. The molecule has 1 heterocycles. The zero-order valence-corrected chi connectivity index (χ0v) is 13.1. The molecule has 0 saturated carbocycles. The maximum absolute atomic E-state index is 11.8. The fourth-order valence-corrected chi connectivity index (χ4v) is 2.05. The number of furan rings is 1. The van der Waals surface area contributed by atoms with E-state index in [1.54, 1.807) is 31.2 Å². The van der Waals surface area contributed by atoms with E-state index in [1.165, 1.54) is 12.3 Å². The highest BCUT2D eigenvalue weighted by molar-refractivity contribution is 6.42. The average molecular weight is 342 g/mol.